The summed E-state index contributed by atoms with van der Waals surface area (Å²) >= 11 is 0. The van der Waals surface area contributed by atoms with Crippen molar-refractivity contribution < 1.29 is 0 Å². The molecule has 4 aliphatic rings. The summed E-state index contributed by atoms with van der Waals surface area (Å²) in [5.74, 6) is 5.68. The molecule has 0 amide bonds. The van der Waals surface area contributed by atoms with Crippen molar-refractivity contribution in [2.75, 3.05) is 5.73 Å². The van der Waals surface area contributed by atoms with Gasteiger partial charge in [-0.15, -0.1) is 0 Å². The first-order chi connectivity index (χ1) is 9.72. The molecule has 4 heteroatoms. The van der Waals surface area contributed by atoms with Gasteiger partial charge in [0.25, 0.3) is 0 Å². The SMILES string of the molecule is N#Cc1cnc(CC2C3CC4CC(C3)CC2C4)nc1N. The van der Waals surface area contributed by atoms with E-state index in [0.717, 1.165) is 41.8 Å². The fourth-order valence-electron chi connectivity index (χ4n) is 5.20. The third kappa shape index (κ3) is 1.88. The zero-order chi connectivity index (χ0) is 13.7. The van der Waals surface area contributed by atoms with Crippen LogP contribution < -0.4 is 5.73 Å². The molecule has 5 rings (SSSR count). The summed E-state index contributed by atoms with van der Waals surface area (Å²) in [4.78, 5) is 8.69. The maximum absolute atomic E-state index is 8.89. The number of hydrogen-bond acceptors (Lipinski definition) is 4. The first-order valence-corrected chi connectivity index (χ1v) is 7.74. The molecular weight excluding hydrogens is 248 g/mol. The largest absolute Gasteiger partial charge is 0.382 e. The number of nitrogens with zero attached hydrogens (tertiary/aromatic N) is 3. The van der Waals surface area contributed by atoms with Crippen molar-refractivity contribution in [3.05, 3.63) is 17.6 Å². The van der Waals surface area contributed by atoms with Gasteiger partial charge in [-0.3, -0.25) is 0 Å². The summed E-state index contributed by atoms with van der Waals surface area (Å²) in [6.07, 6.45) is 9.69. The third-order valence-corrected chi connectivity index (χ3v) is 5.83. The van der Waals surface area contributed by atoms with Gasteiger partial charge < -0.3 is 5.73 Å². The lowest BCUT2D eigenvalue weighted by Crippen LogP contribution is -2.45. The van der Waals surface area contributed by atoms with Crippen LogP contribution in [0.15, 0.2) is 6.20 Å². The van der Waals surface area contributed by atoms with Crippen LogP contribution in [0.25, 0.3) is 0 Å². The lowest BCUT2D eigenvalue weighted by Gasteiger charge is -2.54. The Balaban J connectivity index is 1.55. The number of hydrogen-bond donors (Lipinski definition) is 1. The fraction of sp³-hybridized carbons (Fsp3) is 0.688. The maximum atomic E-state index is 8.89. The zero-order valence-electron chi connectivity index (χ0n) is 11.6. The van der Waals surface area contributed by atoms with Gasteiger partial charge in [-0.25, -0.2) is 9.97 Å². The second-order valence-corrected chi connectivity index (χ2v) is 7.00. The number of aromatic nitrogens is 2. The van der Waals surface area contributed by atoms with Gasteiger partial charge in [-0.1, -0.05) is 0 Å². The average molecular weight is 268 g/mol. The highest BCUT2D eigenvalue weighted by atomic mass is 14.9. The molecule has 0 saturated heterocycles. The Kier molecular flexibility index (Phi) is 2.70. The molecule has 1 aromatic rings. The molecule has 0 aromatic carbocycles. The minimum Gasteiger partial charge on any atom is -0.382 e. The van der Waals surface area contributed by atoms with Gasteiger partial charge in [0.2, 0.25) is 0 Å². The number of rotatable bonds is 2. The maximum Gasteiger partial charge on any atom is 0.145 e. The first-order valence-electron chi connectivity index (χ1n) is 7.74. The molecule has 4 aliphatic carbocycles. The monoisotopic (exact) mass is 268 g/mol. The highest BCUT2D eigenvalue weighted by molar-refractivity contribution is 5.46. The number of nitrogen functional groups attached to an aromatic ring is 1. The molecule has 0 unspecified atom stereocenters. The molecule has 1 aromatic heterocycles. The van der Waals surface area contributed by atoms with Gasteiger partial charge >= 0.3 is 0 Å². The topological polar surface area (TPSA) is 75.6 Å². The van der Waals surface area contributed by atoms with Crippen LogP contribution in [-0.4, -0.2) is 9.97 Å². The van der Waals surface area contributed by atoms with Crippen molar-refractivity contribution in [3.8, 4) is 6.07 Å². The highest BCUT2D eigenvalue weighted by Crippen LogP contribution is 2.57. The van der Waals surface area contributed by atoms with E-state index in [1.165, 1.54) is 32.1 Å². The quantitative estimate of drug-likeness (QED) is 0.894. The van der Waals surface area contributed by atoms with Crippen LogP contribution in [0.1, 0.15) is 43.5 Å². The van der Waals surface area contributed by atoms with Crippen molar-refractivity contribution in [3.63, 3.8) is 0 Å². The molecule has 0 aliphatic heterocycles. The zero-order valence-corrected chi connectivity index (χ0v) is 11.6. The molecule has 20 heavy (non-hydrogen) atoms. The molecule has 4 saturated carbocycles. The fourth-order valence-corrected chi connectivity index (χ4v) is 5.20. The van der Waals surface area contributed by atoms with E-state index in [4.69, 9.17) is 11.0 Å². The molecule has 0 atom stereocenters. The van der Waals surface area contributed by atoms with Gasteiger partial charge in [0.1, 0.15) is 23.3 Å². The van der Waals surface area contributed by atoms with E-state index in [1.54, 1.807) is 6.20 Å². The van der Waals surface area contributed by atoms with Crippen LogP contribution in [0.4, 0.5) is 5.82 Å². The Morgan fingerprint density at radius 3 is 2.35 bits per heavy atom. The van der Waals surface area contributed by atoms with E-state index >= 15 is 0 Å². The molecule has 4 fully saturated rings. The Bertz CT molecular complexity index is 546. The average Bonchev–Trinajstić information content (AvgIpc) is 2.42. The molecule has 0 spiro atoms. The van der Waals surface area contributed by atoms with Crippen molar-refractivity contribution in [2.45, 2.75) is 38.5 Å². The second kappa shape index (κ2) is 4.44. The molecule has 2 N–H and O–H groups in total. The van der Waals surface area contributed by atoms with Crippen LogP contribution in [0, 0.1) is 40.9 Å². The summed E-state index contributed by atoms with van der Waals surface area (Å²) in [6.45, 7) is 0. The van der Waals surface area contributed by atoms with Gasteiger partial charge in [-0.05, 0) is 61.7 Å². The van der Waals surface area contributed by atoms with Crippen molar-refractivity contribution >= 4 is 5.82 Å². The number of nitriles is 1. The Labute approximate surface area is 119 Å². The lowest BCUT2D eigenvalue weighted by atomic mass is 9.51. The van der Waals surface area contributed by atoms with Gasteiger partial charge in [0, 0.05) is 6.42 Å². The van der Waals surface area contributed by atoms with E-state index in [-0.39, 0.29) is 0 Å². The van der Waals surface area contributed by atoms with Crippen molar-refractivity contribution in [1.82, 2.24) is 9.97 Å². The minimum absolute atomic E-state index is 0.335. The summed E-state index contributed by atoms with van der Waals surface area (Å²) < 4.78 is 0. The Morgan fingerprint density at radius 1 is 1.15 bits per heavy atom. The van der Waals surface area contributed by atoms with Crippen LogP contribution in [0.5, 0.6) is 0 Å². The molecule has 4 nitrogen and oxygen atoms in total. The summed E-state index contributed by atoms with van der Waals surface area (Å²) in [5.41, 5.74) is 6.20. The van der Waals surface area contributed by atoms with E-state index in [2.05, 4.69) is 9.97 Å². The lowest BCUT2D eigenvalue weighted by molar-refractivity contribution is -0.0367. The van der Waals surface area contributed by atoms with Crippen molar-refractivity contribution in [1.29, 1.82) is 5.26 Å². The molecule has 0 radical (unpaired) electrons. The normalized spacial score (nSPS) is 37.9. The van der Waals surface area contributed by atoms with E-state index in [0.29, 0.717) is 11.4 Å². The molecule has 4 bridgehead atoms. The third-order valence-electron chi connectivity index (χ3n) is 5.83. The van der Waals surface area contributed by atoms with E-state index < -0.39 is 0 Å². The van der Waals surface area contributed by atoms with E-state index in [9.17, 15) is 0 Å². The van der Waals surface area contributed by atoms with Crippen LogP contribution in [0.2, 0.25) is 0 Å². The summed E-state index contributed by atoms with van der Waals surface area (Å²) in [7, 11) is 0. The Hall–Kier alpha value is -1.63. The Morgan fingerprint density at radius 2 is 1.80 bits per heavy atom. The summed E-state index contributed by atoms with van der Waals surface area (Å²) in [6, 6.07) is 2.03. The standard InChI is InChI=1S/C16H20N4/c17-7-13-8-19-15(20-16(13)18)6-14-11-2-9-1-10(4-11)5-12(14)3-9/h8-12,14H,1-6H2,(H2,18,19,20). The molecule has 104 valence electrons. The van der Waals surface area contributed by atoms with Crippen molar-refractivity contribution in [2.24, 2.45) is 29.6 Å². The smallest absolute Gasteiger partial charge is 0.145 e. The summed E-state index contributed by atoms with van der Waals surface area (Å²) in [5, 5.41) is 8.89. The van der Waals surface area contributed by atoms with Crippen LogP contribution in [0.3, 0.4) is 0 Å². The second-order valence-electron chi connectivity index (χ2n) is 7.00. The van der Waals surface area contributed by atoms with Crippen LogP contribution >= 0.6 is 0 Å². The van der Waals surface area contributed by atoms with E-state index in [1.807, 2.05) is 6.07 Å². The highest BCUT2D eigenvalue weighted by Gasteiger charge is 2.48. The molecular formula is C16H20N4. The first kappa shape index (κ1) is 12.1. The van der Waals surface area contributed by atoms with Crippen LogP contribution in [-0.2, 0) is 6.42 Å². The molecule has 1 heterocycles. The predicted molar refractivity (Wildman–Crippen MR) is 75.4 cm³/mol. The van der Waals surface area contributed by atoms with Gasteiger partial charge in [0.05, 0.1) is 6.20 Å². The number of nitrogens with two attached hydrogens (primary N) is 1. The van der Waals surface area contributed by atoms with Gasteiger partial charge in [-0.2, -0.15) is 5.26 Å². The predicted octanol–water partition coefficient (Wildman–Crippen LogP) is 2.55. The minimum atomic E-state index is 0.335. The number of anilines is 1. The van der Waals surface area contributed by atoms with Gasteiger partial charge in [0.15, 0.2) is 0 Å².